The predicted octanol–water partition coefficient (Wildman–Crippen LogP) is 2.03. The highest BCUT2D eigenvalue weighted by Crippen LogP contribution is 2.36. The summed E-state index contributed by atoms with van der Waals surface area (Å²) in [5.41, 5.74) is 0.661. The summed E-state index contributed by atoms with van der Waals surface area (Å²) in [5, 5.41) is 3.45. The van der Waals surface area contributed by atoms with Crippen molar-refractivity contribution >= 4 is 5.91 Å². The minimum Gasteiger partial charge on any atom is -0.339 e. The van der Waals surface area contributed by atoms with E-state index < -0.39 is 5.41 Å². The van der Waals surface area contributed by atoms with Crippen molar-refractivity contribution in [3.05, 3.63) is 35.9 Å². The summed E-state index contributed by atoms with van der Waals surface area (Å²) in [5.74, 6) is 1.54. The van der Waals surface area contributed by atoms with Gasteiger partial charge in [0, 0.05) is 25.7 Å². The molecule has 1 aromatic rings. The topological polar surface area (TPSA) is 32.3 Å². The molecule has 1 amide bonds. The molecule has 2 heterocycles. The molecule has 2 fully saturated rings. The van der Waals surface area contributed by atoms with Crippen LogP contribution < -0.4 is 5.32 Å². The summed E-state index contributed by atoms with van der Waals surface area (Å²) >= 11 is 0. The first-order chi connectivity index (χ1) is 9.51. The fraction of sp³-hybridized carbons (Fsp3) is 0.588. The van der Waals surface area contributed by atoms with Crippen molar-refractivity contribution < 1.29 is 4.79 Å². The number of amides is 1. The van der Waals surface area contributed by atoms with E-state index in [9.17, 15) is 4.79 Å². The number of hydrogen-bond acceptors (Lipinski definition) is 2. The summed E-state index contributed by atoms with van der Waals surface area (Å²) < 4.78 is 0. The molecule has 20 heavy (non-hydrogen) atoms. The van der Waals surface area contributed by atoms with Gasteiger partial charge in [0.15, 0.2) is 0 Å². The highest BCUT2D eigenvalue weighted by atomic mass is 16.2. The summed E-state index contributed by atoms with van der Waals surface area (Å²) in [6.45, 7) is 9.32. The second-order valence-corrected chi connectivity index (χ2v) is 6.77. The molecule has 2 aliphatic rings. The Morgan fingerprint density at radius 2 is 1.95 bits per heavy atom. The third-order valence-corrected chi connectivity index (χ3v) is 5.23. The molecule has 2 saturated heterocycles. The van der Waals surface area contributed by atoms with Crippen LogP contribution in [0, 0.1) is 11.8 Å². The van der Waals surface area contributed by atoms with Crippen molar-refractivity contribution in [3.63, 3.8) is 0 Å². The zero-order chi connectivity index (χ0) is 14.3. The third-order valence-electron chi connectivity index (χ3n) is 5.23. The number of nitrogens with zero attached hydrogens (tertiary/aromatic N) is 1. The van der Waals surface area contributed by atoms with Crippen LogP contribution in [-0.2, 0) is 10.2 Å². The van der Waals surface area contributed by atoms with Gasteiger partial charge in [0.2, 0.25) is 5.91 Å². The minimum atomic E-state index is -0.443. The van der Waals surface area contributed by atoms with Crippen LogP contribution in [0.25, 0.3) is 0 Å². The van der Waals surface area contributed by atoms with E-state index in [1.807, 2.05) is 32.0 Å². The van der Waals surface area contributed by atoms with Gasteiger partial charge >= 0.3 is 0 Å². The maximum Gasteiger partial charge on any atom is 0.232 e. The number of carbonyl (C=O) groups excluding carboxylic acids is 1. The number of nitrogens with one attached hydrogen (secondary N) is 1. The lowest BCUT2D eigenvalue weighted by atomic mass is 9.83. The Balaban J connectivity index is 1.82. The first kappa shape index (κ1) is 13.6. The molecule has 0 aromatic heterocycles. The Kier molecular flexibility index (Phi) is 3.33. The van der Waals surface area contributed by atoms with E-state index in [1.165, 1.54) is 0 Å². The number of fused-ring (bicyclic) bond motifs is 1. The highest BCUT2D eigenvalue weighted by molar-refractivity contribution is 5.88. The highest BCUT2D eigenvalue weighted by Gasteiger charge is 2.46. The fourth-order valence-electron chi connectivity index (χ4n) is 3.77. The molecule has 3 heteroatoms. The van der Waals surface area contributed by atoms with Crippen LogP contribution in [0.2, 0.25) is 0 Å². The monoisotopic (exact) mass is 272 g/mol. The van der Waals surface area contributed by atoms with E-state index in [0.29, 0.717) is 17.9 Å². The van der Waals surface area contributed by atoms with Crippen molar-refractivity contribution in [1.29, 1.82) is 0 Å². The predicted molar refractivity (Wildman–Crippen MR) is 80.5 cm³/mol. The van der Waals surface area contributed by atoms with Crippen LogP contribution in [0.15, 0.2) is 30.3 Å². The first-order valence-electron chi connectivity index (χ1n) is 7.59. The first-order valence-corrected chi connectivity index (χ1v) is 7.59. The summed E-state index contributed by atoms with van der Waals surface area (Å²) in [4.78, 5) is 15.1. The van der Waals surface area contributed by atoms with Crippen LogP contribution in [0.4, 0.5) is 0 Å². The maximum absolute atomic E-state index is 13.0. The number of carbonyl (C=O) groups is 1. The van der Waals surface area contributed by atoms with E-state index in [2.05, 4.69) is 29.3 Å². The molecule has 3 nitrogen and oxygen atoms in total. The van der Waals surface area contributed by atoms with Gasteiger partial charge in [0.25, 0.3) is 0 Å². The maximum atomic E-state index is 13.0. The fourth-order valence-corrected chi connectivity index (χ4v) is 3.77. The second kappa shape index (κ2) is 4.88. The van der Waals surface area contributed by atoms with Crippen LogP contribution >= 0.6 is 0 Å². The van der Waals surface area contributed by atoms with E-state index in [-0.39, 0.29) is 5.91 Å². The average molecular weight is 272 g/mol. The Bertz CT molecular complexity index is 497. The van der Waals surface area contributed by atoms with Crippen molar-refractivity contribution in [2.45, 2.75) is 32.2 Å². The van der Waals surface area contributed by atoms with Crippen molar-refractivity contribution in [3.8, 4) is 0 Å². The number of rotatable bonds is 2. The molecule has 3 rings (SSSR count). The van der Waals surface area contributed by atoms with Crippen molar-refractivity contribution in [2.75, 3.05) is 19.6 Å². The van der Waals surface area contributed by atoms with E-state index in [1.54, 1.807) is 0 Å². The summed E-state index contributed by atoms with van der Waals surface area (Å²) in [6, 6.07) is 10.5. The quantitative estimate of drug-likeness (QED) is 0.893. The van der Waals surface area contributed by atoms with E-state index in [0.717, 1.165) is 25.2 Å². The molecule has 3 unspecified atom stereocenters. The van der Waals surface area contributed by atoms with Gasteiger partial charge in [-0.1, -0.05) is 30.3 Å². The van der Waals surface area contributed by atoms with Gasteiger partial charge in [-0.3, -0.25) is 4.79 Å². The molecule has 1 N–H and O–H groups in total. The Morgan fingerprint density at radius 3 is 2.60 bits per heavy atom. The molecule has 0 spiro atoms. The number of benzene rings is 1. The molecular weight excluding hydrogens is 248 g/mol. The number of hydrogen-bond donors (Lipinski definition) is 1. The van der Waals surface area contributed by atoms with Gasteiger partial charge in [0.1, 0.15) is 0 Å². The van der Waals surface area contributed by atoms with Crippen molar-refractivity contribution in [2.24, 2.45) is 11.8 Å². The lowest BCUT2D eigenvalue weighted by Gasteiger charge is -2.33. The molecule has 108 valence electrons. The Hall–Kier alpha value is -1.35. The largest absolute Gasteiger partial charge is 0.339 e. The van der Waals surface area contributed by atoms with Crippen LogP contribution in [0.1, 0.15) is 26.3 Å². The van der Waals surface area contributed by atoms with E-state index >= 15 is 0 Å². The molecule has 0 radical (unpaired) electrons. The van der Waals surface area contributed by atoms with Gasteiger partial charge < -0.3 is 10.2 Å². The Morgan fingerprint density at radius 1 is 1.25 bits per heavy atom. The lowest BCUT2D eigenvalue weighted by molar-refractivity contribution is -0.137. The molecule has 2 aliphatic heterocycles. The van der Waals surface area contributed by atoms with Crippen LogP contribution in [-0.4, -0.2) is 36.5 Å². The normalized spacial score (nSPS) is 29.6. The molecule has 1 aromatic carbocycles. The van der Waals surface area contributed by atoms with Crippen LogP contribution in [0.5, 0.6) is 0 Å². The van der Waals surface area contributed by atoms with Gasteiger partial charge in [-0.2, -0.15) is 0 Å². The van der Waals surface area contributed by atoms with Gasteiger partial charge in [-0.15, -0.1) is 0 Å². The molecule has 0 aliphatic carbocycles. The third kappa shape index (κ3) is 2.05. The minimum absolute atomic E-state index is 0.269. The molecule has 3 atom stereocenters. The summed E-state index contributed by atoms with van der Waals surface area (Å²) in [6.07, 6.45) is 0. The second-order valence-electron chi connectivity index (χ2n) is 6.77. The van der Waals surface area contributed by atoms with Crippen LogP contribution in [0.3, 0.4) is 0 Å². The van der Waals surface area contributed by atoms with E-state index in [4.69, 9.17) is 0 Å². The molecule has 0 bridgehead atoms. The standard InChI is InChI=1S/C17H24N2O/c1-12-15-10-18-9-13(15)11-19(12)16(20)17(2,3)14-7-5-4-6-8-14/h4-8,12-13,15,18H,9-11H2,1-3H3. The Labute approximate surface area is 121 Å². The smallest absolute Gasteiger partial charge is 0.232 e. The van der Waals surface area contributed by atoms with Gasteiger partial charge in [-0.05, 0) is 38.2 Å². The average Bonchev–Trinajstić information content (AvgIpc) is 3.02. The summed E-state index contributed by atoms with van der Waals surface area (Å²) in [7, 11) is 0. The molecular formula is C17H24N2O. The SMILES string of the molecule is CC1C2CNCC2CN1C(=O)C(C)(C)c1ccccc1. The lowest BCUT2D eigenvalue weighted by Crippen LogP contribution is -2.46. The zero-order valence-corrected chi connectivity index (χ0v) is 12.6. The number of likely N-dealkylation sites (tertiary alicyclic amines) is 1. The van der Waals surface area contributed by atoms with Crippen molar-refractivity contribution in [1.82, 2.24) is 10.2 Å². The molecule has 0 saturated carbocycles. The zero-order valence-electron chi connectivity index (χ0n) is 12.6. The van der Waals surface area contributed by atoms with Gasteiger partial charge in [-0.25, -0.2) is 0 Å². The van der Waals surface area contributed by atoms with Gasteiger partial charge in [0.05, 0.1) is 5.41 Å².